The molecule has 0 aromatic heterocycles. The Bertz CT molecular complexity index is 396. The van der Waals surface area contributed by atoms with Crippen molar-refractivity contribution in [3.8, 4) is 0 Å². The molecule has 2 heterocycles. The average Bonchev–Trinajstić information content (AvgIpc) is 2.81. The molecular weight excluding hydrogens is 304 g/mol. The van der Waals surface area contributed by atoms with Gasteiger partial charge in [0.05, 0.1) is 0 Å². The third-order valence-corrected chi connectivity index (χ3v) is 8.13. The van der Waals surface area contributed by atoms with E-state index in [0.717, 1.165) is 29.8 Å². The molecule has 0 aromatic carbocycles. The highest BCUT2D eigenvalue weighted by molar-refractivity contribution is 4.91. The van der Waals surface area contributed by atoms with Crippen LogP contribution in [-0.4, -0.2) is 23.6 Å². The molecule has 4 rings (SSSR count). The van der Waals surface area contributed by atoms with Gasteiger partial charge in [-0.25, -0.2) is 5.01 Å². The van der Waals surface area contributed by atoms with Crippen molar-refractivity contribution in [1.82, 2.24) is 10.4 Å². The molecular formula is C23H42N2. The van der Waals surface area contributed by atoms with Crippen molar-refractivity contribution < 1.29 is 0 Å². The minimum absolute atomic E-state index is 0.812. The van der Waals surface area contributed by atoms with E-state index in [-0.39, 0.29) is 0 Å². The first kappa shape index (κ1) is 18.3. The molecule has 25 heavy (non-hydrogen) atoms. The third kappa shape index (κ3) is 4.80. The van der Waals surface area contributed by atoms with Crippen molar-refractivity contribution in [2.45, 2.75) is 121 Å². The Labute approximate surface area is 156 Å². The topological polar surface area (TPSA) is 15.3 Å². The van der Waals surface area contributed by atoms with Crippen molar-refractivity contribution in [3.63, 3.8) is 0 Å². The zero-order valence-electron chi connectivity index (χ0n) is 16.6. The summed E-state index contributed by atoms with van der Waals surface area (Å²) in [4.78, 5) is 0. The van der Waals surface area contributed by atoms with E-state index in [4.69, 9.17) is 0 Å². The second-order valence-electron chi connectivity index (χ2n) is 9.82. The monoisotopic (exact) mass is 346 g/mol. The standard InChI is InChI=1S/C23H42N2/c1-2-4-6-10-19-13-14-21-12-8-9-17-25(23(21)18-19)24-22-16-15-20(22)11-7-5-3-1/h19-24H,1-18H2. The fraction of sp³-hybridized carbons (Fsp3) is 1.00. The van der Waals surface area contributed by atoms with Crippen LogP contribution in [-0.2, 0) is 0 Å². The molecule has 2 aliphatic heterocycles. The zero-order chi connectivity index (χ0) is 16.9. The molecule has 4 fully saturated rings. The lowest BCUT2D eigenvalue weighted by Crippen LogP contribution is -2.58. The number of nitrogens with zero attached hydrogens (tertiary/aromatic N) is 1. The Morgan fingerprint density at radius 2 is 1.24 bits per heavy atom. The van der Waals surface area contributed by atoms with E-state index >= 15 is 0 Å². The van der Waals surface area contributed by atoms with Crippen molar-refractivity contribution >= 4 is 0 Å². The van der Waals surface area contributed by atoms with Gasteiger partial charge >= 0.3 is 0 Å². The number of hydrogen-bond donors (Lipinski definition) is 1. The summed E-state index contributed by atoms with van der Waals surface area (Å²) in [7, 11) is 0. The van der Waals surface area contributed by atoms with Gasteiger partial charge in [0.25, 0.3) is 0 Å². The highest BCUT2D eigenvalue weighted by Gasteiger charge is 2.38. The van der Waals surface area contributed by atoms with Gasteiger partial charge in [-0.1, -0.05) is 64.2 Å². The molecule has 4 aliphatic rings. The van der Waals surface area contributed by atoms with Gasteiger partial charge in [-0.2, -0.15) is 0 Å². The van der Waals surface area contributed by atoms with Crippen molar-refractivity contribution in [1.29, 1.82) is 0 Å². The fourth-order valence-corrected chi connectivity index (χ4v) is 6.31. The highest BCUT2D eigenvalue weighted by Crippen LogP contribution is 2.40. The molecule has 0 radical (unpaired) electrons. The first-order valence-electron chi connectivity index (χ1n) is 11.9. The van der Waals surface area contributed by atoms with Crippen LogP contribution in [0.15, 0.2) is 0 Å². The van der Waals surface area contributed by atoms with Gasteiger partial charge < -0.3 is 0 Å². The number of rotatable bonds is 0. The van der Waals surface area contributed by atoms with E-state index < -0.39 is 0 Å². The predicted molar refractivity (Wildman–Crippen MR) is 106 cm³/mol. The molecule has 2 aliphatic carbocycles. The van der Waals surface area contributed by atoms with E-state index in [9.17, 15) is 0 Å². The second-order valence-corrected chi connectivity index (χ2v) is 9.82. The van der Waals surface area contributed by atoms with E-state index in [1.807, 2.05) is 0 Å². The van der Waals surface area contributed by atoms with Crippen LogP contribution in [0.3, 0.4) is 0 Å². The fourth-order valence-electron chi connectivity index (χ4n) is 6.31. The molecule has 2 nitrogen and oxygen atoms in total. The zero-order valence-corrected chi connectivity index (χ0v) is 16.6. The summed E-state index contributed by atoms with van der Waals surface area (Å²) in [6.07, 6.45) is 25.3. The maximum Gasteiger partial charge on any atom is 0.0274 e. The molecule has 0 aromatic rings. The maximum atomic E-state index is 4.10. The van der Waals surface area contributed by atoms with Crippen LogP contribution in [0.1, 0.15) is 109 Å². The largest absolute Gasteiger partial charge is 0.252 e. The predicted octanol–water partition coefficient (Wildman–Crippen LogP) is 6.06. The number of fused-ring (bicyclic) bond motifs is 2. The molecule has 2 bridgehead atoms. The van der Waals surface area contributed by atoms with Crippen LogP contribution in [0.25, 0.3) is 0 Å². The molecule has 2 saturated heterocycles. The van der Waals surface area contributed by atoms with Gasteiger partial charge in [-0.05, 0) is 62.7 Å². The second kappa shape index (κ2) is 9.22. The van der Waals surface area contributed by atoms with Gasteiger partial charge in [0.2, 0.25) is 0 Å². The van der Waals surface area contributed by atoms with Crippen molar-refractivity contribution in [3.05, 3.63) is 0 Å². The minimum Gasteiger partial charge on any atom is -0.252 e. The van der Waals surface area contributed by atoms with Crippen LogP contribution in [0.4, 0.5) is 0 Å². The van der Waals surface area contributed by atoms with Gasteiger partial charge in [-0.15, -0.1) is 0 Å². The summed E-state index contributed by atoms with van der Waals surface area (Å²) in [6, 6.07) is 1.67. The van der Waals surface area contributed by atoms with E-state index in [1.165, 1.54) is 116 Å². The van der Waals surface area contributed by atoms with Crippen LogP contribution >= 0.6 is 0 Å². The first-order chi connectivity index (χ1) is 12.4. The third-order valence-electron chi connectivity index (χ3n) is 8.13. The normalized spacial score (nSPS) is 42.0. The van der Waals surface area contributed by atoms with E-state index in [2.05, 4.69) is 10.4 Å². The Hall–Kier alpha value is -0.0800. The summed E-state index contributed by atoms with van der Waals surface area (Å²) in [5, 5.41) is 2.78. The van der Waals surface area contributed by atoms with Crippen molar-refractivity contribution in [2.75, 3.05) is 6.54 Å². The quantitative estimate of drug-likeness (QED) is 0.573. The van der Waals surface area contributed by atoms with Crippen LogP contribution in [0, 0.1) is 17.8 Å². The van der Waals surface area contributed by atoms with E-state index in [0.29, 0.717) is 0 Å². The minimum atomic E-state index is 0.812. The van der Waals surface area contributed by atoms with E-state index in [1.54, 1.807) is 0 Å². The average molecular weight is 347 g/mol. The SMILES string of the molecule is C1CCCCC2CCC3CCCCN(NC4CCC4CCCC1)C3C2. The molecule has 2 heteroatoms. The number of nitrogens with one attached hydrogen (secondary N) is 1. The summed E-state index contributed by atoms with van der Waals surface area (Å²) >= 11 is 0. The summed E-state index contributed by atoms with van der Waals surface area (Å²) in [6.45, 7) is 1.32. The van der Waals surface area contributed by atoms with Crippen LogP contribution < -0.4 is 5.43 Å². The summed E-state index contributed by atoms with van der Waals surface area (Å²) in [5.74, 6) is 2.99. The van der Waals surface area contributed by atoms with Gasteiger partial charge in [0.15, 0.2) is 0 Å². The summed E-state index contributed by atoms with van der Waals surface area (Å²) in [5.41, 5.74) is 4.10. The van der Waals surface area contributed by atoms with Gasteiger partial charge in [-0.3, -0.25) is 5.43 Å². The molecule has 1 N–H and O–H groups in total. The molecule has 0 spiro atoms. The van der Waals surface area contributed by atoms with Crippen LogP contribution in [0.2, 0.25) is 0 Å². The lowest BCUT2D eigenvalue weighted by atomic mass is 9.74. The summed E-state index contributed by atoms with van der Waals surface area (Å²) < 4.78 is 0. The van der Waals surface area contributed by atoms with Gasteiger partial charge in [0, 0.05) is 18.6 Å². The molecule has 5 atom stereocenters. The van der Waals surface area contributed by atoms with Gasteiger partial charge in [0.1, 0.15) is 0 Å². The Kier molecular flexibility index (Phi) is 6.74. The molecule has 2 saturated carbocycles. The number of hydrogen-bond acceptors (Lipinski definition) is 2. The lowest BCUT2D eigenvalue weighted by molar-refractivity contribution is 0.000150. The number of hydrazine groups is 1. The molecule has 144 valence electrons. The highest BCUT2D eigenvalue weighted by atomic mass is 15.5. The Balaban J connectivity index is 1.42. The molecule has 5 unspecified atom stereocenters. The molecule has 0 amide bonds. The van der Waals surface area contributed by atoms with Crippen LogP contribution in [0.5, 0.6) is 0 Å². The van der Waals surface area contributed by atoms with Crippen molar-refractivity contribution in [2.24, 2.45) is 17.8 Å². The Morgan fingerprint density at radius 1 is 0.560 bits per heavy atom. The first-order valence-corrected chi connectivity index (χ1v) is 11.9. The maximum absolute atomic E-state index is 4.10. The Morgan fingerprint density at radius 3 is 2.04 bits per heavy atom. The lowest BCUT2D eigenvalue weighted by Gasteiger charge is -2.47. The smallest absolute Gasteiger partial charge is 0.0274 e.